The predicted molar refractivity (Wildman–Crippen MR) is 67.9 cm³/mol. The lowest BCUT2D eigenvalue weighted by Gasteiger charge is -2.22. The van der Waals surface area contributed by atoms with Crippen molar-refractivity contribution >= 4 is 0 Å². The SMILES string of the molecule is CC.CCC(F)(F)CCCCC(C)(C)CN. The van der Waals surface area contributed by atoms with E-state index in [0.717, 1.165) is 12.8 Å². The molecule has 0 heterocycles. The van der Waals surface area contributed by atoms with Crippen molar-refractivity contribution in [2.45, 2.75) is 72.6 Å². The molecule has 0 amide bonds. The van der Waals surface area contributed by atoms with Crippen molar-refractivity contribution in [3.8, 4) is 0 Å². The maximum Gasteiger partial charge on any atom is 0.247 e. The van der Waals surface area contributed by atoms with E-state index >= 15 is 0 Å². The van der Waals surface area contributed by atoms with Crippen LogP contribution in [0.1, 0.15) is 66.7 Å². The van der Waals surface area contributed by atoms with Gasteiger partial charge in [0, 0.05) is 12.8 Å². The van der Waals surface area contributed by atoms with Gasteiger partial charge in [-0.25, -0.2) is 8.78 Å². The summed E-state index contributed by atoms with van der Waals surface area (Å²) in [5.41, 5.74) is 5.65. The van der Waals surface area contributed by atoms with Crippen LogP contribution in [0.25, 0.3) is 0 Å². The van der Waals surface area contributed by atoms with Crippen molar-refractivity contribution in [3.05, 3.63) is 0 Å². The third-order valence-corrected chi connectivity index (χ3v) is 2.72. The van der Waals surface area contributed by atoms with Crippen LogP contribution in [0.5, 0.6) is 0 Å². The molecule has 0 rings (SSSR count). The van der Waals surface area contributed by atoms with E-state index in [-0.39, 0.29) is 18.3 Å². The van der Waals surface area contributed by atoms with Crippen LogP contribution in [0.2, 0.25) is 0 Å². The molecule has 0 radical (unpaired) electrons. The van der Waals surface area contributed by atoms with Crippen molar-refractivity contribution in [1.29, 1.82) is 0 Å². The van der Waals surface area contributed by atoms with Gasteiger partial charge >= 0.3 is 0 Å². The molecule has 0 spiro atoms. The highest BCUT2D eigenvalue weighted by Gasteiger charge is 2.25. The molecule has 1 nitrogen and oxygen atoms in total. The highest BCUT2D eigenvalue weighted by atomic mass is 19.3. The van der Waals surface area contributed by atoms with E-state index in [1.165, 1.54) is 6.92 Å². The second kappa shape index (κ2) is 8.91. The van der Waals surface area contributed by atoms with Crippen LogP contribution >= 0.6 is 0 Å². The molecule has 0 aliphatic carbocycles. The minimum absolute atomic E-state index is 0.0180. The Morgan fingerprint density at radius 1 is 1.00 bits per heavy atom. The third kappa shape index (κ3) is 10.3. The Morgan fingerprint density at radius 3 is 1.81 bits per heavy atom. The Bertz CT molecular complexity index is 138. The van der Waals surface area contributed by atoms with Gasteiger partial charge in [0.05, 0.1) is 0 Å². The van der Waals surface area contributed by atoms with E-state index in [1.807, 2.05) is 13.8 Å². The van der Waals surface area contributed by atoms with E-state index in [0.29, 0.717) is 13.0 Å². The van der Waals surface area contributed by atoms with Gasteiger partial charge in [-0.15, -0.1) is 0 Å². The standard InChI is InChI=1S/C11H23F2N.C2H6/c1-4-11(12,13)8-6-5-7-10(2,3)9-14;1-2/h4-9,14H2,1-3H3;1-2H3. The Labute approximate surface area is 99.8 Å². The molecule has 0 unspecified atom stereocenters. The van der Waals surface area contributed by atoms with E-state index < -0.39 is 5.92 Å². The summed E-state index contributed by atoms with van der Waals surface area (Å²) in [6.45, 7) is 10.3. The summed E-state index contributed by atoms with van der Waals surface area (Å²) in [6, 6.07) is 0. The molecular formula is C13H29F2N. The third-order valence-electron chi connectivity index (χ3n) is 2.72. The molecule has 3 heteroatoms. The Kier molecular flexibility index (Phi) is 10.1. The van der Waals surface area contributed by atoms with Gasteiger partial charge in [0.15, 0.2) is 0 Å². The van der Waals surface area contributed by atoms with Gasteiger partial charge in [0.1, 0.15) is 0 Å². The number of unbranched alkanes of at least 4 members (excludes halogenated alkanes) is 1. The maximum atomic E-state index is 12.8. The van der Waals surface area contributed by atoms with Gasteiger partial charge in [-0.2, -0.15) is 0 Å². The highest BCUT2D eigenvalue weighted by molar-refractivity contribution is 4.70. The molecule has 0 aliphatic rings. The molecule has 0 bridgehead atoms. The van der Waals surface area contributed by atoms with Crippen LogP contribution in [-0.4, -0.2) is 12.5 Å². The molecule has 16 heavy (non-hydrogen) atoms. The van der Waals surface area contributed by atoms with Crippen molar-refractivity contribution in [2.24, 2.45) is 11.1 Å². The van der Waals surface area contributed by atoms with Gasteiger partial charge < -0.3 is 5.73 Å². The normalized spacial score (nSPS) is 12.0. The Balaban J connectivity index is 0. The largest absolute Gasteiger partial charge is 0.330 e. The predicted octanol–water partition coefficient (Wildman–Crippen LogP) is 4.60. The van der Waals surface area contributed by atoms with Crippen molar-refractivity contribution < 1.29 is 8.78 Å². The second-order valence-corrected chi connectivity index (χ2v) is 4.78. The average molecular weight is 237 g/mol. The molecule has 0 fully saturated rings. The van der Waals surface area contributed by atoms with Gasteiger partial charge in [-0.3, -0.25) is 0 Å². The van der Waals surface area contributed by atoms with Crippen molar-refractivity contribution in [1.82, 2.24) is 0 Å². The molecule has 100 valence electrons. The second-order valence-electron chi connectivity index (χ2n) is 4.78. The zero-order valence-corrected chi connectivity index (χ0v) is 11.6. The number of alkyl halides is 2. The molecule has 0 saturated carbocycles. The van der Waals surface area contributed by atoms with Gasteiger partial charge in [-0.05, 0) is 24.8 Å². The molecule has 0 aromatic rings. The summed E-state index contributed by atoms with van der Waals surface area (Å²) in [4.78, 5) is 0. The van der Waals surface area contributed by atoms with Crippen LogP contribution in [0.4, 0.5) is 8.78 Å². The number of rotatable bonds is 7. The fourth-order valence-corrected chi connectivity index (χ4v) is 1.27. The fourth-order valence-electron chi connectivity index (χ4n) is 1.27. The van der Waals surface area contributed by atoms with Crippen LogP contribution in [0.3, 0.4) is 0 Å². The van der Waals surface area contributed by atoms with Crippen molar-refractivity contribution in [3.63, 3.8) is 0 Å². The minimum atomic E-state index is -2.47. The molecule has 0 aromatic carbocycles. The number of hydrogen-bond donors (Lipinski definition) is 1. The van der Waals surface area contributed by atoms with Gasteiger partial charge in [-0.1, -0.05) is 41.0 Å². The lowest BCUT2D eigenvalue weighted by Crippen LogP contribution is -2.23. The van der Waals surface area contributed by atoms with Gasteiger partial charge in [0.2, 0.25) is 5.92 Å². The number of halogens is 2. The Hall–Kier alpha value is -0.180. The van der Waals surface area contributed by atoms with Crippen LogP contribution in [-0.2, 0) is 0 Å². The topological polar surface area (TPSA) is 26.0 Å². The summed E-state index contributed by atoms with van der Waals surface area (Å²) < 4.78 is 25.7. The molecular weight excluding hydrogens is 208 g/mol. The fraction of sp³-hybridized carbons (Fsp3) is 1.00. The minimum Gasteiger partial charge on any atom is -0.330 e. The van der Waals surface area contributed by atoms with Gasteiger partial charge in [0.25, 0.3) is 0 Å². The van der Waals surface area contributed by atoms with Crippen LogP contribution in [0.15, 0.2) is 0 Å². The monoisotopic (exact) mass is 237 g/mol. The first-order chi connectivity index (χ1) is 7.33. The summed E-state index contributed by atoms with van der Waals surface area (Å²) >= 11 is 0. The summed E-state index contributed by atoms with van der Waals surface area (Å²) in [5.74, 6) is -2.47. The lowest BCUT2D eigenvalue weighted by molar-refractivity contribution is -0.0142. The summed E-state index contributed by atoms with van der Waals surface area (Å²) in [7, 11) is 0. The number of nitrogens with two attached hydrogens (primary N) is 1. The number of hydrogen-bond acceptors (Lipinski definition) is 1. The quantitative estimate of drug-likeness (QED) is 0.643. The highest BCUT2D eigenvalue weighted by Crippen LogP contribution is 2.27. The zero-order valence-electron chi connectivity index (χ0n) is 11.6. The lowest BCUT2D eigenvalue weighted by atomic mass is 9.87. The van der Waals surface area contributed by atoms with E-state index in [1.54, 1.807) is 0 Å². The van der Waals surface area contributed by atoms with Crippen LogP contribution in [0, 0.1) is 5.41 Å². The smallest absolute Gasteiger partial charge is 0.247 e. The van der Waals surface area contributed by atoms with Crippen LogP contribution < -0.4 is 5.73 Å². The van der Waals surface area contributed by atoms with Crippen molar-refractivity contribution in [2.75, 3.05) is 6.54 Å². The molecule has 2 N–H and O–H groups in total. The van der Waals surface area contributed by atoms with E-state index in [4.69, 9.17) is 5.73 Å². The van der Waals surface area contributed by atoms with E-state index in [9.17, 15) is 8.78 Å². The first-order valence-electron chi connectivity index (χ1n) is 6.41. The summed E-state index contributed by atoms with van der Waals surface area (Å²) in [5, 5.41) is 0. The van der Waals surface area contributed by atoms with E-state index in [2.05, 4.69) is 13.8 Å². The molecule has 0 atom stereocenters. The summed E-state index contributed by atoms with van der Waals surface area (Å²) in [6.07, 6.45) is 2.35. The maximum absolute atomic E-state index is 12.8. The molecule has 0 aromatic heterocycles. The first kappa shape index (κ1) is 18.2. The first-order valence-corrected chi connectivity index (χ1v) is 6.41. The molecule has 0 aliphatic heterocycles. The molecule has 0 saturated heterocycles. The average Bonchev–Trinajstić information content (AvgIpc) is 2.27. The Morgan fingerprint density at radius 2 is 1.44 bits per heavy atom. The zero-order chi connectivity index (χ0) is 13.2.